The molecular formula is C22H21FN2O3S. The first-order valence-corrected chi connectivity index (χ1v) is 10.6. The first-order chi connectivity index (χ1) is 13.9. The molecular weight excluding hydrogens is 391 g/mol. The lowest BCUT2D eigenvalue weighted by atomic mass is 10.1. The van der Waals surface area contributed by atoms with Gasteiger partial charge < -0.3 is 5.32 Å². The van der Waals surface area contributed by atoms with E-state index in [2.05, 4.69) is 5.32 Å². The molecule has 0 aromatic heterocycles. The lowest BCUT2D eigenvalue weighted by Crippen LogP contribution is -2.38. The Bertz CT molecular complexity index is 1080. The van der Waals surface area contributed by atoms with Crippen molar-refractivity contribution >= 4 is 27.3 Å². The normalized spacial score (nSPS) is 11.1. The number of carbonyl (C=O) groups excluding carboxylic acids is 1. The van der Waals surface area contributed by atoms with Crippen molar-refractivity contribution in [1.29, 1.82) is 0 Å². The smallest absolute Gasteiger partial charge is 0.264 e. The number of hydrogen-bond acceptors (Lipinski definition) is 3. The summed E-state index contributed by atoms with van der Waals surface area (Å²) in [5.74, 6) is -1.01. The zero-order chi connectivity index (χ0) is 20.9. The van der Waals surface area contributed by atoms with Gasteiger partial charge in [-0.2, -0.15) is 0 Å². The molecule has 7 heteroatoms. The van der Waals surface area contributed by atoms with Crippen LogP contribution in [0.15, 0.2) is 83.8 Å². The van der Waals surface area contributed by atoms with Crippen LogP contribution in [0, 0.1) is 5.82 Å². The number of anilines is 2. The van der Waals surface area contributed by atoms with E-state index in [0.29, 0.717) is 11.4 Å². The lowest BCUT2D eigenvalue weighted by Gasteiger charge is -2.24. The highest BCUT2D eigenvalue weighted by Crippen LogP contribution is 2.24. The molecule has 0 radical (unpaired) electrons. The molecule has 150 valence electrons. The minimum Gasteiger partial charge on any atom is -0.324 e. The minimum atomic E-state index is -4.07. The fraction of sp³-hybridized carbons (Fsp3) is 0.136. The standard InChI is InChI=1S/C22H21FN2O3S/c1-2-17-8-6-7-11-21(17)24-22(26)16-25(19-9-4-3-5-10-19)29(27,28)20-14-12-18(23)13-15-20/h3-15H,2,16H2,1H3,(H,24,26). The maximum Gasteiger partial charge on any atom is 0.264 e. The number of nitrogens with zero attached hydrogens (tertiary/aromatic N) is 1. The molecule has 0 bridgehead atoms. The van der Waals surface area contributed by atoms with Crippen LogP contribution in [0.4, 0.5) is 15.8 Å². The van der Waals surface area contributed by atoms with Gasteiger partial charge in [0.2, 0.25) is 5.91 Å². The van der Waals surface area contributed by atoms with Gasteiger partial charge in [-0.15, -0.1) is 0 Å². The third-order valence-corrected chi connectivity index (χ3v) is 6.19. The fourth-order valence-electron chi connectivity index (χ4n) is 2.91. The van der Waals surface area contributed by atoms with E-state index in [0.717, 1.165) is 28.4 Å². The van der Waals surface area contributed by atoms with Gasteiger partial charge in [0.1, 0.15) is 12.4 Å². The van der Waals surface area contributed by atoms with Gasteiger partial charge in [0, 0.05) is 5.69 Å². The van der Waals surface area contributed by atoms with E-state index < -0.39 is 28.3 Å². The molecule has 0 saturated carbocycles. The average Bonchev–Trinajstić information content (AvgIpc) is 2.73. The number of nitrogens with one attached hydrogen (secondary N) is 1. The van der Waals surface area contributed by atoms with E-state index in [4.69, 9.17) is 0 Å². The van der Waals surface area contributed by atoms with Gasteiger partial charge in [-0.1, -0.05) is 43.3 Å². The molecule has 0 saturated heterocycles. The van der Waals surface area contributed by atoms with Crippen LogP contribution in [0.5, 0.6) is 0 Å². The molecule has 0 atom stereocenters. The Hall–Kier alpha value is -3.19. The Morgan fingerprint density at radius 3 is 2.21 bits per heavy atom. The summed E-state index contributed by atoms with van der Waals surface area (Å²) in [5.41, 5.74) is 1.94. The molecule has 0 aliphatic carbocycles. The molecule has 29 heavy (non-hydrogen) atoms. The van der Waals surface area contributed by atoms with Gasteiger partial charge >= 0.3 is 0 Å². The molecule has 0 spiro atoms. The molecule has 0 unspecified atom stereocenters. The Morgan fingerprint density at radius 1 is 0.931 bits per heavy atom. The summed E-state index contributed by atoms with van der Waals surface area (Å²) in [7, 11) is -4.07. The summed E-state index contributed by atoms with van der Waals surface area (Å²) in [6, 6.07) is 20.2. The van der Waals surface area contributed by atoms with Gasteiger partial charge in [0.15, 0.2) is 0 Å². The van der Waals surface area contributed by atoms with Gasteiger partial charge in [-0.05, 0) is 54.4 Å². The number of para-hydroxylation sites is 2. The first-order valence-electron chi connectivity index (χ1n) is 9.13. The van der Waals surface area contributed by atoms with Crippen LogP contribution in [-0.4, -0.2) is 20.9 Å². The quantitative estimate of drug-likeness (QED) is 0.632. The summed E-state index contributed by atoms with van der Waals surface area (Å²) >= 11 is 0. The van der Waals surface area contributed by atoms with Crippen LogP contribution in [0.3, 0.4) is 0 Å². The Labute approximate surface area is 169 Å². The van der Waals surface area contributed by atoms with Crippen molar-refractivity contribution < 1.29 is 17.6 Å². The maximum absolute atomic E-state index is 13.3. The molecule has 1 N–H and O–H groups in total. The second-order valence-corrected chi connectivity index (χ2v) is 8.22. The maximum atomic E-state index is 13.3. The fourth-order valence-corrected chi connectivity index (χ4v) is 4.33. The van der Waals surface area contributed by atoms with E-state index in [1.807, 2.05) is 19.1 Å². The molecule has 0 fully saturated rings. The topological polar surface area (TPSA) is 66.5 Å². The van der Waals surface area contributed by atoms with Crippen LogP contribution in [-0.2, 0) is 21.2 Å². The zero-order valence-corrected chi connectivity index (χ0v) is 16.7. The second-order valence-electron chi connectivity index (χ2n) is 6.36. The molecule has 5 nitrogen and oxygen atoms in total. The molecule has 3 aromatic carbocycles. The van der Waals surface area contributed by atoms with Crippen molar-refractivity contribution in [1.82, 2.24) is 0 Å². The van der Waals surface area contributed by atoms with E-state index in [1.54, 1.807) is 42.5 Å². The number of amides is 1. The minimum absolute atomic E-state index is 0.0930. The van der Waals surface area contributed by atoms with Crippen LogP contribution >= 0.6 is 0 Å². The highest BCUT2D eigenvalue weighted by atomic mass is 32.2. The number of benzene rings is 3. The first kappa shape index (κ1) is 20.5. The van der Waals surface area contributed by atoms with Crippen molar-refractivity contribution in [3.8, 4) is 0 Å². The highest BCUT2D eigenvalue weighted by molar-refractivity contribution is 7.92. The summed E-state index contributed by atoms with van der Waals surface area (Å²) in [5, 5.41) is 2.79. The van der Waals surface area contributed by atoms with Gasteiger partial charge in [-0.3, -0.25) is 9.10 Å². The Kier molecular flexibility index (Phi) is 6.29. The van der Waals surface area contributed by atoms with E-state index in [-0.39, 0.29) is 4.90 Å². The van der Waals surface area contributed by atoms with Gasteiger partial charge in [-0.25, -0.2) is 12.8 Å². The van der Waals surface area contributed by atoms with Crippen LogP contribution in [0.1, 0.15) is 12.5 Å². The van der Waals surface area contributed by atoms with Crippen molar-refractivity contribution in [3.05, 3.63) is 90.2 Å². The number of halogens is 1. The van der Waals surface area contributed by atoms with Crippen LogP contribution in [0.25, 0.3) is 0 Å². The number of sulfonamides is 1. The van der Waals surface area contributed by atoms with Gasteiger partial charge in [0.05, 0.1) is 10.6 Å². The number of rotatable bonds is 7. The molecule has 1 amide bonds. The van der Waals surface area contributed by atoms with Crippen molar-refractivity contribution in [2.24, 2.45) is 0 Å². The van der Waals surface area contributed by atoms with Crippen LogP contribution in [0.2, 0.25) is 0 Å². The van der Waals surface area contributed by atoms with E-state index in [9.17, 15) is 17.6 Å². The SMILES string of the molecule is CCc1ccccc1NC(=O)CN(c1ccccc1)S(=O)(=O)c1ccc(F)cc1. The van der Waals surface area contributed by atoms with Crippen LogP contribution < -0.4 is 9.62 Å². The lowest BCUT2D eigenvalue weighted by molar-refractivity contribution is -0.114. The monoisotopic (exact) mass is 412 g/mol. The molecule has 3 rings (SSSR count). The second kappa shape index (κ2) is 8.87. The molecule has 0 heterocycles. The molecule has 0 aliphatic rings. The summed E-state index contributed by atoms with van der Waals surface area (Å²) < 4.78 is 40.6. The van der Waals surface area contributed by atoms with E-state index >= 15 is 0 Å². The third-order valence-electron chi connectivity index (χ3n) is 4.41. The Morgan fingerprint density at radius 2 is 1.55 bits per heavy atom. The van der Waals surface area contributed by atoms with Crippen molar-refractivity contribution in [3.63, 3.8) is 0 Å². The van der Waals surface area contributed by atoms with Crippen molar-refractivity contribution in [2.45, 2.75) is 18.2 Å². The summed E-state index contributed by atoms with van der Waals surface area (Å²) in [6.45, 7) is 1.56. The molecule has 0 aliphatic heterocycles. The number of hydrogen-bond donors (Lipinski definition) is 1. The zero-order valence-electron chi connectivity index (χ0n) is 15.9. The summed E-state index contributed by atoms with van der Waals surface area (Å²) in [4.78, 5) is 12.6. The van der Waals surface area contributed by atoms with Crippen molar-refractivity contribution in [2.75, 3.05) is 16.2 Å². The largest absolute Gasteiger partial charge is 0.324 e. The average molecular weight is 412 g/mol. The summed E-state index contributed by atoms with van der Waals surface area (Å²) in [6.07, 6.45) is 0.729. The van der Waals surface area contributed by atoms with Gasteiger partial charge in [0.25, 0.3) is 10.0 Å². The molecule has 3 aromatic rings. The Balaban J connectivity index is 1.92. The predicted octanol–water partition coefficient (Wildman–Crippen LogP) is 4.22. The highest BCUT2D eigenvalue weighted by Gasteiger charge is 2.27. The number of carbonyl (C=O) groups is 1. The number of aryl methyl sites for hydroxylation is 1. The third kappa shape index (κ3) is 4.81. The predicted molar refractivity (Wildman–Crippen MR) is 112 cm³/mol. The van der Waals surface area contributed by atoms with E-state index in [1.165, 1.54) is 12.1 Å².